The zero-order valence-electron chi connectivity index (χ0n) is 14.5. The van der Waals surface area contributed by atoms with Gasteiger partial charge in [0.2, 0.25) is 0 Å². The summed E-state index contributed by atoms with van der Waals surface area (Å²) in [4.78, 5) is 26.2. The van der Waals surface area contributed by atoms with Crippen molar-refractivity contribution >= 4 is 28.4 Å². The van der Waals surface area contributed by atoms with E-state index in [1.54, 1.807) is 19.1 Å². The lowest BCUT2D eigenvalue weighted by molar-refractivity contribution is -0.123. The third-order valence-corrected chi connectivity index (χ3v) is 4.75. The molecule has 0 aliphatic carbocycles. The van der Waals surface area contributed by atoms with Crippen molar-refractivity contribution in [3.8, 4) is 11.1 Å². The van der Waals surface area contributed by atoms with Crippen molar-refractivity contribution < 1.29 is 9.59 Å². The van der Waals surface area contributed by atoms with E-state index in [9.17, 15) is 9.59 Å². The van der Waals surface area contributed by atoms with Crippen LogP contribution in [0.3, 0.4) is 0 Å². The van der Waals surface area contributed by atoms with Crippen LogP contribution in [-0.2, 0) is 11.3 Å². The lowest BCUT2D eigenvalue weighted by Crippen LogP contribution is -2.29. The first-order valence-electron chi connectivity index (χ1n) is 8.36. The minimum atomic E-state index is -0.344. The van der Waals surface area contributed by atoms with Gasteiger partial charge in [-0.05, 0) is 54.8 Å². The lowest BCUT2D eigenvalue weighted by atomic mass is 9.95. The smallest absolute Gasteiger partial charge is 0.263 e. The number of imide groups is 1. The van der Waals surface area contributed by atoms with Gasteiger partial charge in [0.05, 0.1) is 17.6 Å². The molecule has 0 atom stereocenters. The number of aryl methyl sites for hydroxylation is 1. The molecule has 6 nitrogen and oxygen atoms in total. The van der Waals surface area contributed by atoms with Crippen LogP contribution in [0.5, 0.6) is 0 Å². The molecule has 1 aromatic heterocycles. The monoisotopic (exact) mass is 346 g/mol. The number of aromatic nitrogens is 2. The average molecular weight is 346 g/mol. The molecule has 0 radical (unpaired) electrons. The average Bonchev–Trinajstić information content (AvgIpc) is 3.17. The molecule has 26 heavy (non-hydrogen) atoms. The normalized spacial score (nSPS) is 13.8. The Hall–Kier alpha value is -3.41. The van der Waals surface area contributed by atoms with Crippen LogP contribution in [0.15, 0.2) is 42.5 Å². The number of nitrogens with two attached hydrogens (primary N) is 1. The summed E-state index contributed by atoms with van der Waals surface area (Å²) in [6, 6.07) is 9.58. The molecule has 2 aromatic carbocycles. The summed E-state index contributed by atoms with van der Waals surface area (Å²) in [6.45, 7) is 3.93. The third-order valence-electron chi connectivity index (χ3n) is 4.75. The molecule has 1 aliphatic heterocycles. The number of carbonyl (C=O) groups is 2. The summed E-state index contributed by atoms with van der Waals surface area (Å²) in [6.07, 6.45) is 3.01. The van der Waals surface area contributed by atoms with E-state index in [-0.39, 0.29) is 18.4 Å². The van der Waals surface area contributed by atoms with Crippen molar-refractivity contribution in [2.24, 2.45) is 0 Å². The molecule has 3 aromatic rings. The van der Waals surface area contributed by atoms with E-state index < -0.39 is 0 Å². The highest BCUT2D eigenvalue weighted by Crippen LogP contribution is 2.37. The van der Waals surface area contributed by atoms with Crippen LogP contribution in [0.4, 0.5) is 5.69 Å². The highest BCUT2D eigenvalue weighted by molar-refractivity contribution is 6.14. The molecule has 6 heteroatoms. The van der Waals surface area contributed by atoms with E-state index in [2.05, 4.69) is 10.2 Å². The summed E-state index contributed by atoms with van der Waals surface area (Å²) in [5.74, 6) is -0.678. The number of carbonyl (C=O) groups excluding carboxylic acids is 2. The number of aromatic amines is 1. The van der Waals surface area contributed by atoms with Gasteiger partial charge in [0.25, 0.3) is 11.8 Å². The molecule has 2 amide bonds. The molecule has 0 saturated carbocycles. The summed E-state index contributed by atoms with van der Waals surface area (Å²) in [5.41, 5.74) is 11.4. The Kier molecular flexibility index (Phi) is 3.61. The van der Waals surface area contributed by atoms with Gasteiger partial charge < -0.3 is 5.73 Å². The van der Waals surface area contributed by atoms with Crippen molar-refractivity contribution in [1.29, 1.82) is 0 Å². The molecule has 4 rings (SSSR count). The Labute approximate surface area is 150 Å². The lowest BCUT2D eigenvalue weighted by Gasteiger charge is -2.11. The second-order valence-electron chi connectivity index (χ2n) is 6.37. The molecule has 0 bridgehead atoms. The van der Waals surface area contributed by atoms with E-state index in [4.69, 9.17) is 5.73 Å². The zero-order valence-corrected chi connectivity index (χ0v) is 14.5. The Balaban J connectivity index is 1.87. The molecular formula is C20H18N4O2. The summed E-state index contributed by atoms with van der Waals surface area (Å²) in [7, 11) is 0. The minimum absolute atomic E-state index is 0.222. The Morgan fingerprint density at radius 1 is 1.31 bits per heavy atom. The maximum Gasteiger partial charge on any atom is 0.263 e. The molecular weight excluding hydrogens is 328 g/mol. The predicted molar refractivity (Wildman–Crippen MR) is 100 cm³/mol. The Morgan fingerprint density at radius 3 is 2.88 bits per heavy atom. The number of hydrogen-bond donors (Lipinski definition) is 2. The summed E-state index contributed by atoms with van der Waals surface area (Å²) in [5, 5.41) is 8.25. The first-order valence-corrected chi connectivity index (χ1v) is 8.36. The quantitative estimate of drug-likeness (QED) is 0.551. The van der Waals surface area contributed by atoms with Crippen LogP contribution in [0.25, 0.3) is 22.0 Å². The molecule has 0 fully saturated rings. The van der Waals surface area contributed by atoms with Gasteiger partial charge >= 0.3 is 0 Å². The van der Waals surface area contributed by atoms with Gasteiger partial charge in [0.15, 0.2) is 0 Å². The van der Waals surface area contributed by atoms with Crippen molar-refractivity contribution in [3.05, 3.63) is 59.3 Å². The van der Waals surface area contributed by atoms with Crippen LogP contribution >= 0.6 is 0 Å². The Morgan fingerprint density at radius 2 is 2.12 bits per heavy atom. The van der Waals surface area contributed by atoms with E-state index in [0.29, 0.717) is 11.3 Å². The maximum atomic E-state index is 12.7. The number of nitrogens with zero attached hydrogens (tertiary/aromatic N) is 2. The standard InChI is InChI=1S/C20H18N4O2/c1-3-4-18(25)24-10-15-13(6-7-16(21)19(15)20(24)26)12-5-8-17-14(9-12)11(2)22-23-17/h3-9H,10,21H2,1-2H3,(H,22,23)/b4-3+. The minimum Gasteiger partial charge on any atom is -0.398 e. The highest BCUT2D eigenvalue weighted by atomic mass is 16.2. The summed E-state index contributed by atoms with van der Waals surface area (Å²) >= 11 is 0. The number of benzene rings is 2. The molecule has 0 saturated heterocycles. The second kappa shape index (κ2) is 5.84. The number of fused-ring (bicyclic) bond motifs is 2. The molecule has 3 N–H and O–H groups in total. The number of allylic oxidation sites excluding steroid dienone is 1. The number of anilines is 1. The van der Waals surface area contributed by atoms with Crippen molar-refractivity contribution in [3.63, 3.8) is 0 Å². The number of H-pyrrole nitrogens is 1. The van der Waals surface area contributed by atoms with Gasteiger partial charge in [0.1, 0.15) is 0 Å². The fourth-order valence-electron chi connectivity index (χ4n) is 3.43. The van der Waals surface area contributed by atoms with Gasteiger partial charge in [-0.3, -0.25) is 19.6 Å². The van der Waals surface area contributed by atoms with Crippen LogP contribution in [0.2, 0.25) is 0 Å². The predicted octanol–water partition coefficient (Wildman–Crippen LogP) is 3.18. The fraction of sp³-hybridized carbons (Fsp3) is 0.150. The topological polar surface area (TPSA) is 92.1 Å². The SMILES string of the molecule is C/C=C/C(=O)N1Cc2c(-c3ccc4n[nH]c(C)c4c3)ccc(N)c2C1=O. The van der Waals surface area contributed by atoms with Crippen LogP contribution in [-0.4, -0.2) is 26.9 Å². The fourth-order valence-corrected chi connectivity index (χ4v) is 3.43. The van der Waals surface area contributed by atoms with Crippen molar-refractivity contribution in [2.45, 2.75) is 20.4 Å². The van der Waals surface area contributed by atoms with Crippen LogP contribution < -0.4 is 5.73 Å². The molecule has 1 aliphatic rings. The summed E-state index contributed by atoms with van der Waals surface area (Å²) < 4.78 is 0. The van der Waals surface area contributed by atoms with Gasteiger partial charge in [-0.15, -0.1) is 0 Å². The Bertz CT molecular complexity index is 1090. The van der Waals surface area contributed by atoms with E-state index >= 15 is 0 Å². The molecule has 2 heterocycles. The zero-order chi connectivity index (χ0) is 18.4. The van der Waals surface area contributed by atoms with Gasteiger partial charge in [-0.1, -0.05) is 18.2 Å². The van der Waals surface area contributed by atoms with Crippen LogP contribution in [0.1, 0.15) is 28.5 Å². The largest absolute Gasteiger partial charge is 0.398 e. The number of hydrogen-bond acceptors (Lipinski definition) is 4. The van der Waals surface area contributed by atoms with E-state index in [1.165, 1.54) is 11.0 Å². The van der Waals surface area contributed by atoms with Gasteiger partial charge in [0, 0.05) is 16.8 Å². The molecule has 0 spiro atoms. The molecule has 0 unspecified atom stereocenters. The van der Waals surface area contributed by atoms with Crippen molar-refractivity contribution in [1.82, 2.24) is 15.1 Å². The maximum absolute atomic E-state index is 12.7. The molecule has 130 valence electrons. The van der Waals surface area contributed by atoms with Gasteiger partial charge in [-0.2, -0.15) is 5.10 Å². The third kappa shape index (κ3) is 2.30. The first kappa shape index (κ1) is 16.1. The van der Waals surface area contributed by atoms with Gasteiger partial charge in [-0.25, -0.2) is 0 Å². The number of nitrogens with one attached hydrogen (secondary N) is 1. The number of rotatable bonds is 2. The second-order valence-corrected chi connectivity index (χ2v) is 6.37. The van der Waals surface area contributed by atoms with E-state index in [1.807, 2.05) is 31.2 Å². The van der Waals surface area contributed by atoms with Crippen LogP contribution in [0, 0.1) is 6.92 Å². The van der Waals surface area contributed by atoms with E-state index in [0.717, 1.165) is 33.3 Å². The number of amides is 2. The highest BCUT2D eigenvalue weighted by Gasteiger charge is 2.34. The first-order chi connectivity index (χ1) is 12.5. The number of nitrogen functional groups attached to an aromatic ring is 1. The van der Waals surface area contributed by atoms with Crippen molar-refractivity contribution in [2.75, 3.05) is 5.73 Å².